The first kappa shape index (κ1) is 42.9. The average Bonchev–Trinajstić information content (AvgIpc) is 3.47. The lowest BCUT2D eigenvalue weighted by Crippen LogP contribution is -2.56. The van der Waals surface area contributed by atoms with E-state index < -0.39 is 24.2 Å². The van der Waals surface area contributed by atoms with Crippen LogP contribution in [0.2, 0.25) is 0 Å². The smallest absolute Gasteiger partial charge is 0.240 e. The Bertz CT molecular complexity index is 1450. The van der Waals surface area contributed by atoms with Gasteiger partial charge in [-0.3, -0.25) is 14.5 Å². The summed E-state index contributed by atoms with van der Waals surface area (Å²) in [6.45, 7) is 24.4. The second-order valence-corrected chi connectivity index (χ2v) is 17.4. The summed E-state index contributed by atoms with van der Waals surface area (Å²) in [6.07, 6.45) is 2.19. The van der Waals surface area contributed by atoms with E-state index in [9.17, 15) is 15.0 Å². The number of amides is 1. The first-order chi connectivity index (χ1) is 25.1. The zero-order chi connectivity index (χ0) is 39.0. The Morgan fingerprint density at radius 3 is 2.43 bits per heavy atom. The van der Waals surface area contributed by atoms with Gasteiger partial charge in [-0.1, -0.05) is 104 Å². The molecule has 4 rings (SSSR count). The second-order valence-electron chi connectivity index (χ2n) is 17.4. The quantitative estimate of drug-likeness (QED) is 0.149. The Hall–Kier alpha value is -2.79. The van der Waals surface area contributed by atoms with Gasteiger partial charge in [0, 0.05) is 43.2 Å². The van der Waals surface area contributed by atoms with Crippen molar-refractivity contribution >= 4 is 5.91 Å². The highest BCUT2D eigenvalue weighted by Crippen LogP contribution is 2.47. The summed E-state index contributed by atoms with van der Waals surface area (Å²) in [7, 11) is 4.26. The van der Waals surface area contributed by atoms with E-state index >= 15 is 0 Å². The summed E-state index contributed by atoms with van der Waals surface area (Å²) in [5, 5.41) is 26.4. The van der Waals surface area contributed by atoms with Crippen LogP contribution in [0.5, 0.6) is 5.75 Å². The third kappa shape index (κ3) is 10.9. The van der Waals surface area contributed by atoms with Gasteiger partial charge in [0.2, 0.25) is 5.91 Å². The number of carbonyl (C=O) groups is 1. The number of para-hydroxylation sites is 1. The van der Waals surface area contributed by atoms with Crippen LogP contribution >= 0.6 is 0 Å². The van der Waals surface area contributed by atoms with Crippen LogP contribution in [0.25, 0.3) is 0 Å². The predicted octanol–water partition coefficient (Wildman–Crippen LogP) is 6.53. The van der Waals surface area contributed by atoms with Gasteiger partial charge >= 0.3 is 0 Å². The molecule has 9 heteroatoms. The third-order valence-corrected chi connectivity index (χ3v) is 12.4. The fourth-order valence-corrected chi connectivity index (χ4v) is 8.71. The SMILES string of the molecule is C=CCOc1ccccc1CN(Cc1cccc(CN2O[C@@H](CO)[C@@H]([C@H](C)O)[C@H]2C(=O)N[C@H]2C[C@@H](C)C(C)(C)[C@@H](C)[C@@H]2C)c1)[C@@H](CC(C)C)CN(C)C. The number of nitrogens with zero attached hydrogens (tertiary/aromatic N) is 3. The van der Waals surface area contributed by atoms with Crippen molar-refractivity contribution in [1.82, 2.24) is 20.2 Å². The lowest BCUT2D eigenvalue weighted by Gasteiger charge is -2.50. The van der Waals surface area contributed by atoms with Crippen molar-refractivity contribution in [2.75, 3.05) is 33.9 Å². The Kier molecular flexibility index (Phi) is 15.5. The van der Waals surface area contributed by atoms with E-state index in [-0.39, 0.29) is 24.0 Å². The summed E-state index contributed by atoms with van der Waals surface area (Å²) in [5.74, 6) is 1.84. The van der Waals surface area contributed by atoms with Crippen LogP contribution in [0.3, 0.4) is 0 Å². The van der Waals surface area contributed by atoms with E-state index in [0.717, 1.165) is 54.9 Å². The molecular weight excluding hydrogens is 665 g/mol. The highest BCUT2D eigenvalue weighted by molar-refractivity contribution is 5.82. The predicted molar refractivity (Wildman–Crippen MR) is 214 cm³/mol. The molecule has 9 nitrogen and oxygen atoms in total. The zero-order valence-corrected chi connectivity index (χ0v) is 34.3. The molecule has 0 bridgehead atoms. The van der Waals surface area contributed by atoms with Gasteiger partial charge < -0.3 is 25.2 Å². The molecule has 0 spiro atoms. The van der Waals surface area contributed by atoms with Crippen LogP contribution in [0.1, 0.15) is 84.9 Å². The van der Waals surface area contributed by atoms with Gasteiger partial charge in [-0.05, 0) is 80.1 Å². The van der Waals surface area contributed by atoms with Crippen LogP contribution in [0, 0.1) is 35.0 Å². The lowest BCUT2D eigenvalue weighted by molar-refractivity contribution is -0.182. The number of hydrogen-bond acceptors (Lipinski definition) is 8. The number of hydrogen-bond donors (Lipinski definition) is 3. The number of hydroxylamine groups is 2. The second kappa shape index (κ2) is 19.2. The summed E-state index contributed by atoms with van der Waals surface area (Å²) in [5.41, 5.74) is 3.47. The van der Waals surface area contributed by atoms with Gasteiger partial charge in [-0.2, -0.15) is 5.06 Å². The van der Waals surface area contributed by atoms with E-state index in [1.807, 2.05) is 12.1 Å². The van der Waals surface area contributed by atoms with Crippen LogP contribution in [-0.4, -0.2) is 95.2 Å². The van der Waals surface area contributed by atoms with E-state index in [1.54, 1.807) is 18.1 Å². The molecule has 2 aromatic rings. The van der Waals surface area contributed by atoms with Crippen LogP contribution in [-0.2, 0) is 29.3 Å². The number of aliphatic hydroxyl groups is 2. The molecule has 2 aromatic carbocycles. The van der Waals surface area contributed by atoms with Crippen molar-refractivity contribution in [3.63, 3.8) is 0 Å². The van der Waals surface area contributed by atoms with Crippen molar-refractivity contribution < 1.29 is 24.6 Å². The molecule has 53 heavy (non-hydrogen) atoms. The third-order valence-electron chi connectivity index (χ3n) is 12.4. The molecule has 296 valence electrons. The van der Waals surface area contributed by atoms with Crippen molar-refractivity contribution in [1.29, 1.82) is 0 Å². The molecule has 0 aromatic heterocycles. The van der Waals surface area contributed by atoms with Crippen molar-refractivity contribution in [3.8, 4) is 5.75 Å². The standard InChI is InChI=1S/C44H70N4O5/c1-12-20-52-39-19-14-13-18-36(39)26-47(37(21-29(2)3)27-46(10)11)24-34-16-15-17-35(23-34)25-48-42(41(33(7)50)40(28-49)53-48)43(51)45-38-22-30(4)44(8,9)32(6)31(38)5/h12-19,23,29-33,37-38,40-42,49-50H,1,20-22,24-28H2,2-11H3,(H,45,51)/t30-,31+,32+,33+,37+,38+,40+,41-,42+/m1/s1. The first-order valence-electron chi connectivity index (χ1n) is 19.9. The fraction of sp³-hybridized carbons (Fsp3) is 0.659. The zero-order valence-electron chi connectivity index (χ0n) is 34.3. The van der Waals surface area contributed by atoms with Gasteiger partial charge in [0.05, 0.1) is 19.3 Å². The van der Waals surface area contributed by atoms with E-state index in [1.165, 1.54) is 0 Å². The van der Waals surface area contributed by atoms with Gasteiger partial charge in [-0.15, -0.1) is 0 Å². The van der Waals surface area contributed by atoms with E-state index in [4.69, 9.17) is 9.57 Å². The maximum absolute atomic E-state index is 14.3. The summed E-state index contributed by atoms with van der Waals surface area (Å²) >= 11 is 0. The van der Waals surface area contributed by atoms with Crippen LogP contribution < -0.4 is 10.1 Å². The topological polar surface area (TPSA) is 97.7 Å². The molecule has 0 unspecified atom stereocenters. The van der Waals surface area contributed by atoms with Crippen molar-refractivity contribution in [2.45, 2.75) is 118 Å². The van der Waals surface area contributed by atoms with Crippen LogP contribution in [0.4, 0.5) is 0 Å². The van der Waals surface area contributed by atoms with Gasteiger partial charge in [0.15, 0.2) is 0 Å². The maximum atomic E-state index is 14.3. The number of carbonyl (C=O) groups excluding carboxylic acids is 1. The minimum absolute atomic E-state index is 0.0211. The number of ether oxygens (including phenoxy) is 1. The largest absolute Gasteiger partial charge is 0.489 e. The first-order valence-corrected chi connectivity index (χ1v) is 19.9. The molecular formula is C44H70N4O5. The van der Waals surface area contributed by atoms with Gasteiger partial charge in [-0.25, -0.2) is 0 Å². The Morgan fingerprint density at radius 2 is 1.79 bits per heavy atom. The maximum Gasteiger partial charge on any atom is 0.240 e. The minimum atomic E-state index is -0.846. The highest BCUT2D eigenvalue weighted by atomic mass is 16.7. The summed E-state index contributed by atoms with van der Waals surface area (Å²) in [4.78, 5) is 25.4. The molecule has 1 aliphatic heterocycles. The Labute approximate surface area is 320 Å². The van der Waals surface area contributed by atoms with Crippen molar-refractivity contribution in [3.05, 3.63) is 77.9 Å². The molecule has 1 aliphatic carbocycles. The molecule has 3 N–H and O–H groups in total. The highest BCUT2D eigenvalue weighted by Gasteiger charge is 2.51. The van der Waals surface area contributed by atoms with Crippen LogP contribution in [0.15, 0.2) is 61.2 Å². The number of benzene rings is 2. The molecule has 2 fully saturated rings. The molecule has 1 saturated carbocycles. The van der Waals surface area contributed by atoms with Crippen molar-refractivity contribution in [2.24, 2.45) is 35.0 Å². The van der Waals surface area contributed by atoms with Gasteiger partial charge in [0.25, 0.3) is 0 Å². The summed E-state index contributed by atoms with van der Waals surface area (Å²) < 4.78 is 6.08. The monoisotopic (exact) mass is 735 g/mol. The number of nitrogens with one attached hydrogen (secondary N) is 1. The number of rotatable bonds is 18. The average molecular weight is 735 g/mol. The molecule has 1 amide bonds. The normalized spacial score (nSPS) is 27.3. The molecule has 9 atom stereocenters. The lowest BCUT2D eigenvalue weighted by atomic mass is 9.58. The van der Waals surface area contributed by atoms with Gasteiger partial charge in [0.1, 0.15) is 24.5 Å². The molecule has 0 radical (unpaired) electrons. The number of likely N-dealkylation sites (N-methyl/N-ethyl adjacent to an activating group) is 1. The Morgan fingerprint density at radius 1 is 1.09 bits per heavy atom. The fourth-order valence-electron chi connectivity index (χ4n) is 8.71. The molecule has 1 heterocycles. The number of aliphatic hydroxyl groups excluding tert-OH is 2. The summed E-state index contributed by atoms with van der Waals surface area (Å²) in [6, 6.07) is 16.3. The Balaban J connectivity index is 1.61. The molecule has 2 aliphatic rings. The van der Waals surface area contributed by atoms with E-state index in [0.29, 0.717) is 42.9 Å². The molecule has 1 saturated heterocycles. The minimum Gasteiger partial charge on any atom is -0.489 e. The van der Waals surface area contributed by atoms with E-state index in [2.05, 4.69) is 121 Å².